The number of imide groups is 1. The van der Waals surface area contributed by atoms with Crippen LogP contribution in [0.2, 0.25) is 0 Å². The van der Waals surface area contributed by atoms with Crippen molar-refractivity contribution in [2.75, 3.05) is 13.1 Å². The molecule has 6 nitrogen and oxygen atoms in total. The number of carbonyl (C=O) groups is 3. The third-order valence-corrected chi connectivity index (χ3v) is 3.49. The van der Waals surface area contributed by atoms with Gasteiger partial charge in [-0.25, -0.2) is 0 Å². The van der Waals surface area contributed by atoms with Crippen molar-refractivity contribution in [1.29, 1.82) is 0 Å². The Balaban J connectivity index is 1.82. The fourth-order valence-electron chi connectivity index (χ4n) is 1.76. The van der Waals surface area contributed by atoms with Crippen LogP contribution < -0.4 is 5.32 Å². The first-order valence-corrected chi connectivity index (χ1v) is 6.45. The van der Waals surface area contributed by atoms with Crippen LogP contribution in [0, 0.1) is 6.92 Å². The standard InChI is InChI=1S/C11H13N3O3S/c1-7-8(6-18-13-7)11(17)12-4-5-14-9(15)2-3-10(14)16/h6H,2-5H2,1H3,(H,12,17). The fraction of sp³-hybridized carbons (Fsp3) is 0.455. The number of likely N-dealkylation sites (tertiary alicyclic amines) is 1. The maximum absolute atomic E-state index is 11.7. The highest BCUT2D eigenvalue weighted by Crippen LogP contribution is 2.11. The summed E-state index contributed by atoms with van der Waals surface area (Å²) in [4.78, 5) is 35.6. The van der Waals surface area contributed by atoms with Crippen molar-refractivity contribution in [3.8, 4) is 0 Å². The van der Waals surface area contributed by atoms with Crippen LogP contribution in [-0.4, -0.2) is 40.1 Å². The Kier molecular flexibility index (Phi) is 3.71. The quantitative estimate of drug-likeness (QED) is 0.797. The maximum Gasteiger partial charge on any atom is 0.254 e. The van der Waals surface area contributed by atoms with Gasteiger partial charge in [-0.15, -0.1) is 0 Å². The van der Waals surface area contributed by atoms with Crippen LogP contribution in [0.3, 0.4) is 0 Å². The highest BCUT2D eigenvalue weighted by molar-refractivity contribution is 7.03. The number of aromatic nitrogens is 1. The Morgan fingerprint density at radius 2 is 2.11 bits per heavy atom. The summed E-state index contributed by atoms with van der Waals surface area (Å²) in [5.74, 6) is -0.550. The van der Waals surface area contributed by atoms with E-state index in [1.165, 1.54) is 16.4 Å². The molecule has 1 aliphatic heterocycles. The Hall–Kier alpha value is -1.76. The molecule has 1 aliphatic rings. The van der Waals surface area contributed by atoms with E-state index < -0.39 is 0 Å². The lowest BCUT2D eigenvalue weighted by Crippen LogP contribution is -2.37. The molecule has 1 N–H and O–H groups in total. The maximum atomic E-state index is 11.7. The Bertz CT molecular complexity index is 481. The van der Waals surface area contributed by atoms with Crippen molar-refractivity contribution < 1.29 is 14.4 Å². The highest BCUT2D eigenvalue weighted by atomic mass is 32.1. The van der Waals surface area contributed by atoms with Crippen LogP contribution in [0.5, 0.6) is 0 Å². The van der Waals surface area contributed by atoms with Gasteiger partial charge in [0.1, 0.15) is 0 Å². The van der Waals surface area contributed by atoms with Gasteiger partial charge in [-0.2, -0.15) is 4.37 Å². The molecule has 3 amide bonds. The molecule has 1 aromatic rings. The predicted molar refractivity (Wildman–Crippen MR) is 65.1 cm³/mol. The zero-order valence-corrected chi connectivity index (χ0v) is 10.7. The SMILES string of the molecule is Cc1nscc1C(=O)NCCN1C(=O)CCC1=O. The normalized spacial score (nSPS) is 15.3. The average molecular weight is 267 g/mol. The number of nitrogens with zero attached hydrogens (tertiary/aromatic N) is 2. The molecule has 2 heterocycles. The molecule has 0 saturated carbocycles. The zero-order chi connectivity index (χ0) is 13.1. The van der Waals surface area contributed by atoms with Gasteiger partial charge in [-0.05, 0) is 18.5 Å². The van der Waals surface area contributed by atoms with Crippen LogP contribution in [0.25, 0.3) is 0 Å². The second kappa shape index (κ2) is 5.26. The molecular weight excluding hydrogens is 254 g/mol. The van der Waals surface area contributed by atoms with Crippen molar-refractivity contribution in [2.45, 2.75) is 19.8 Å². The van der Waals surface area contributed by atoms with Gasteiger partial charge >= 0.3 is 0 Å². The molecule has 18 heavy (non-hydrogen) atoms. The molecule has 2 rings (SSSR count). The summed E-state index contributed by atoms with van der Waals surface area (Å²) < 4.78 is 4.01. The van der Waals surface area contributed by atoms with E-state index in [2.05, 4.69) is 9.69 Å². The van der Waals surface area contributed by atoms with Crippen molar-refractivity contribution in [3.63, 3.8) is 0 Å². The molecule has 96 valence electrons. The van der Waals surface area contributed by atoms with Crippen LogP contribution in [0.4, 0.5) is 0 Å². The monoisotopic (exact) mass is 267 g/mol. The van der Waals surface area contributed by atoms with E-state index in [9.17, 15) is 14.4 Å². The van der Waals surface area contributed by atoms with Crippen molar-refractivity contribution >= 4 is 29.3 Å². The van der Waals surface area contributed by atoms with Crippen LogP contribution in [0.15, 0.2) is 5.38 Å². The van der Waals surface area contributed by atoms with Crippen molar-refractivity contribution in [1.82, 2.24) is 14.6 Å². The zero-order valence-electron chi connectivity index (χ0n) is 9.93. The first-order chi connectivity index (χ1) is 8.59. The smallest absolute Gasteiger partial charge is 0.254 e. The molecule has 0 unspecified atom stereocenters. The number of carbonyl (C=O) groups excluding carboxylic acids is 3. The van der Waals surface area contributed by atoms with Gasteiger partial charge in [0.15, 0.2) is 0 Å². The second-order valence-electron chi connectivity index (χ2n) is 4.01. The lowest BCUT2D eigenvalue weighted by Gasteiger charge is -2.13. The largest absolute Gasteiger partial charge is 0.350 e. The van der Waals surface area contributed by atoms with E-state index in [4.69, 9.17) is 0 Å². The Morgan fingerprint density at radius 3 is 2.67 bits per heavy atom. The predicted octanol–water partition coefficient (Wildman–Crippen LogP) is 0.330. The number of hydrogen-bond donors (Lipinski definition) is 1. The van der Waals surface area contributed by atoms with Gasteiger partial charge in [0.25, 0.3) is 5.91 Å². The van der Waals surface area contributed by atoms with Crippen LogP contribution in [0.1, 0.15) is 28.9 Å². The van der Waals surface area contributed by atoms with Gasteiger partial charge in [-0.1, -0.05) is 0 Å². The Morgan fingerprint density at radius 1 is 1.44 bits per heavy atom. The van der Waals surface area contributed by atoms with E-state index in [0.29, 0.717) is 11.3 Å². The molecule has 0 aromatic carbocycles. The van der Waals surface area contributed by atoms with Gasteiger partial charge < -0.3 is 5.32 Å². The van der Waals surface area contributed by atoms with Crippen molar-refractivity contribution in [3.05, 3.63) is 16.6 Å². The van der Waals surface area contributed by atoms with E-state index in [0.717, 1.165) is 0 Å². The summed E-state index contributed by atoms with van der Waals surface area (Å²) in [5, 5.41) is 4.35. The first kappa shape index (κ1) is 12.7. The third-order valence-electron chi connectivity index (χ3n) is 2.77. The molecule has 0 radical (unpaired) electrons. The summed E-state index contributed by atoms with van der Waals surface area (Å²) in [6, 6.07) is 0. The molecule has 1 aromatic heterocycles. The molecule has 0 spiro atoms. The van der Waals surface area contributed by atoms with Crippen LogP contribution in [-0.2, 0) is 9.59 Å². The minimum Gasteiger partial charge on any atom is -0.350 e. The second-order valence-corrected chi connectivity index (χ2v) is 4.64. The lowest BCUT2D eigenvalue weighted by atomic mass is 10.2. The summed E-state index contributed by atoms with van der Waals surface area (Å²) in [5.41, 5.74) is 1.23. The lowest BCUT2D eigenvalue weighted by molar-refractivity contribution is -0.138. The highest BCUT2D eigenvalue weighted by Gasteiger charge is 2.28. The Labute approximate surface area is 108 Å². The number of aryl methyl sites for hydroxylation is 1. The molecule has 1 fully saturated rings. The number of rotatable bonds is 4. The third kappa shape index (κ3) is 2.56. The van der Waals surface area contributed by atoms with Crippen molar-refractivity contribution in [2.24, 2.45) is 0 Å². The summed E-state index contributed by atoms with van der Waals surface area (Å²) in [7, 11) is 0. The molecular formula is C11H13N3O3S. The molecule has 0 atom stereocenters. The average Bonchev–Trinajstić information content (AvgIpc) is 2.89. The first-order valence-electron chi connectivity index (χ1n) is 5.62. The fourth-order valence-corrected chi connectivity index (χ4v) is 2.45. The minimum atomic E-state index is -0.222. The number of hydrogen-bond acceptors (Lipinski definition) is 5. The number of nitrogens with one attached hydrogen (secondary N) is 1. The topological polar surface area (TPSA) is 79.4 Å². The molecule has 0 bridgehead atoms. The van der Waals surface area contributed by atoms with E-state index >= 15 is 0 Å². The summed E-state index contributed by atoms with van der Waals surface area (Å²) in [6.07, 6.45) is 0.556. The molecule has 0 aliphatic carbocycles. The van der Waals surface area contributed by atoms with Gasteiger partial charge in [-0.3, -0.25) is 19.3 Å². The summed E-state index contributed by atoms with van der Waals surface area (Å²) in [6.45, 7) is 2.27. The number of amides is 3. The minimum absolute atomic E-state index is 0.164. The van der Waals surface area contributed by atoms with Gasteiger partial charge in [0.05, 0.1) is 11.3 Å². The van der Waals surface area contributed by atoms with E-state index in [1.807, 2.05) is 0 Å². The summed E-state index contributed by atoms with van der Waals surface area (Å²) >= 11 is 1.22. The van der Waals surface area contributed by atoms with Gasteiger partial charge in [0, 0.05) is 31.3 Å². The van der Waals surface area contributed by atoms with Crippen LogP contribution >= 0.6 is 11.5 Å². The molecule has 7 heteroatoms. The van der Waals surface area contributed by atoms with E-state index in [-0.39, 0.29) is 43.7 Å². The van der Waals surface area contributed by atoms with E-state index in [1.54, 1.807) is 12.3 Å². The molecule has 1 saturated heterocycles. The van der Waals surface area contributed by atoms with Gasteiger partial charge in [0.2, 0.25) is 11.8 Å².